The highest BCUT2D eigenvalue weighted by molar-refractivity contribution is 5.74. The minimum absolute atomic E-state index is 0.118. The van der Waals surface area contributed by atoms with Crippen molar-refractivity contribution in [3.63, 3.8) is 0 Å². The average molecular weight is 245 g/mol. The van der Waals surface area contributed by atoms with E-state index in [0.29, 0.717) is 11.4 Å². The molecule has 0 fully saturated rings. The standard InChI is InChI=1S/C11H14F3N3/c1-3-7(2)17-10-6-8(11(12,13)14)4-5-9(10)15-16-17/h4-7,15-16H,3H2,1-2H3. The number of benzene rings is 1. The molecule has 1 aliphatic rings. The molecular formula is C11H14F3N3. The molecule has 1 aliphatic heterocycles. The summed E-state index contributed by atoms with van der Waals surface area (Å²) in [7, 11) is 0. The Bertz CT molecular complexity index is 417. The van der Waals surface area contributed by atoms with E-state index < -0.39 is 11.7 Å². The third kappa shape index (κ3) is 2.17. The van der Waals surface area contributed by atoms with Crippen LogP contribution in [0.25, 0.3) is 0 Å². The second-order valence-electron chi connectivity index (χ2n) is 4.09. The molecule has 0 bridgehead atoms. The van der Waals surface area contributed by atoms with Gasteiger partial charge in [0.2, 0.25) is 0 Å². The Hall–Kier alpha value is -1.43. The Labute approximate surface area is 97.5 Å². The van der Waals surface area contributed by atoms with Gasteiger partial charge in [-0.2, -0.15) is 13.2 Å². The van der Waals surface area contributed by atoms with Gasteiger partial charge >= 0.3 is 6.18 Å². The summed E-state index contributed by atoms with van der Waals surface area (Å²) in [5.74, 6) is 0. The molecule has 0 saturated heterocycles. The predicted octanol–water partition coefficient (Wildman–Crippen LogP) is 3.16. The van der Waals surface area contributed by atoms with Gasteiger partial charge in [0.25, 0.3) is 0 Å². The van der Waals surface area contributed by atoms with Gasteiger partial charge in [0.1, 0.15) is 0 Å². The lowest BCUT2D eigenvalue weighted by Gasteiger charge is -2.24. The third-order valence-corrected chi connectivity index (χ3v) is 2.93. The first-order valence-electron chi connectivity index (χ1n) is 5.45. The molecular weight excluding hydrogens is 231 g/mol. The lowest BCUT2D eigenvalue weighted by molar-refractivity contribution is -0.137. The second kappa shape index (κ2) is 4.10. The number of halogens is 3. The summed E-state index contributed by atoms with van der Waals surface area (Å²) in [6.07, 6.45) is -3.47. The van der Waals surface area contributed by atoms with Crippen LogP contribution in [0, 0.1) is 0 Å². The van der Waals surface area contributed by atoms with Crippen molar-refractivity contribution in [3.8, 4) is 0 Å². The van der Waals surface area contributed by atoms with Crippen LogP contribution in [0.4, 0.5) is 24.5 Å². The Morgan fingerprint density at radius 3 is 2.65 bits per heavy atom. The smallest absolute Gasteiger partial charge is 0.302 e. The van der Waals surface area contributed by atoms with Crippen molar-refractivity contribution in [1.29, 1.82) is 0 Å². The zero-order valence-corrected chi connectivity index (χ0v) is 9.60. The highest BCUT2D eigenvalue weighted by atomic mass is 19.4. The van der Waals surface area contributed by atoms with Crippen molar-refractivity contribution in [3.05, 3.63) is 23.8 Å². The first-order chi connectivity index (χ1) is 7.93. The molecule has 3 nitrogen and oxygen atoms in total. The summed E-state index contributed by atoms with van der Waals surface area (Å²) in [5, 5.41) is 1.71. The highest BCUT2D eigenvalue weighted by Crippen LogP contribution is 2.37. The molecule has 2 rings (SSSR count). The quantitative estimate of drug-likeness (QED) is 0.838. The van der Waals surface area contributed by atoms with E-state index in [1.54, 1.807) is 5.01 Å². The molecule has 0 saturated carbocycles. The Balaban J connectivity index is 2.37. The van der Waals surface area contributed by atoms with Gasteiger partial charge in [0.05, 0.1) is 16.9 Å². The molecule has 1 aromatic carbocycles. The fourth-order valence-corrected chi connectivity index (χ4v) is 1.72. The zero-order chi connectivity index (χ0) is 12.6. The first kappa shape index (κ1) is 12.0. The Kier molecular flexibility index (Phi) is 2.91. The fraction of sp³-hybridized carbons (Fsp3) is 0.455. The van der Waals surface area contributed by atoms with Crippen molar-refractivity contribution in [1.82, 2.24) is 5.53 Å². The van der Waals surface area contributed by atoms with Crippen LogP contribution in [0.3, 0.4) is 0 Å². The highest BCUT2D eigenvalue weighted by Gasteiger charge is 2.33. The van der Waals surface area contributed by atoms with E-state index in [1.165, 1.54) is 6.07 Å². The summed E-state index contributed by atoms with van der Waals surface area (Å²) in [6.45, 7) is 3.93. The summed E-state index contributed by atoms with van der Waals surface area (Å²) in [5.41, 5.74) is 6.29. The molecule has 94 valence electrons. The van der Waals surface area contributed by atoms with Crippen LogP contribution in [0.15, 0.2) is 18.2 Å². The molecule has 1 aromatic rings. The van der Waals surface area contributed by atoms with E-state index in [9.17, 15) is 13.2 Å². The average Bonchev–Trinajstić information content (AvgIpc) is 2.69. The molecule has 2 N–H and O–H groups in total. The summed E-state index contributed by atoms with van der Waals surface area (Å²) < 4.78 is 37.8. The molecule has 0 spiro atoms. The largest absolute Gasteiger partial charge is 0.416 e. The summed E-state index contributed by atoms with van der Waals surface area (Å²) in [6, 6.07) is 3.79. The monoisotopic (exact) mass is 245 g/mol. The molecule has 6 heteroatoms. The van der Waals surface area contributed by atoms with Gasteiger partial charge < -0.3 is 5.43 Å². The number of alkyl halides is 3. The van der Waals surface area contributed by atoms with Gasteiger partial charge in [-0.3, -0.25) is 5.01 Å². The molecule has 0 radical (unpaired) electrons. The van der Waals surface area contributed by atoms with Crippen LogP contribution in [0.2, 0.25) is 0 Å². The van der Waals surface area contributed by atoms with E-state index >= 15 is 0 Å². The number of nitrogens with one attached hydrogen (secondary N) is 2. The van der Waals surface area contributed by atoms with Gasteiger partial charge in [-0.25, -0.2) is 0 Å². The number of hydrogen-bond donors (Lipinski definition) is 2. The van der Waals surface area contributed by atoms with Gasteiger partial charge in [-0.15, -0.1) is 5.53 Å². The normalized spacial score (nSPS) is 16.6. The van der Waals surface area contributed by atoms with E-state index in [2.05, 4.69) is 11.0 Å². The number of hydrazine groups is 2. The molecule has 0 aromatic heterocycles. The van der Waals surface area contributed by atoms with Crippen molar-refractivity contribution in [2.75, 3.05) is 10.4 Å². The minimum Gasteiger partial charge on any atom is -0.302 e. The number of anilines is 2. The zero-order valence-electron chi connectivity index (χ0n) is 9.60. The maximum atomic E-state index is 12.6. The molecule has 17 heavy (non-hydrogen) atoms. The Morgan fingerprint density at radius 2 is 2.06 bits per heavy atom. The van der Waals surface area contributed by atoms with Crippen molar-refractivity contribution in [2.45, 2.75) is 32.5 Å². The van der Waals surface area contributed by atoms with Gasteiger partial charge in [-0.05, 0) is 31.5 Å². The summed E-state index contributed by atoms with van der Waals surface area (Å²) in [4.78, 5) is 0. The second-order valence-corrected chi connectivity index (χ2v) is 4.09. The maximum absolute atomic E-state index is 12.6. The fourth-order valence-electron chi connectivity index (χ4n) is 1.72. The molecule has 0 amide bonds. The third-order valence-electron chi connectivity index (χ3n) is 2.93. The maximum Gasteiger partial charge on any atom is 0.416 e. The van der Waals surface area contributed by atoms with Crippen LogP contribution in [0.5, 0.6) is 0 Å². The van der Waals surface area contributed by atoms with Crippen LogP contribution >= 0.6 is 0 Å². The minimum atomic E-state index is -4.31. The number of nitrogens with zero attached hydrogens (tertiary/aromatic N) is 1. The number of hydrogen-bond acceptors (Lipinski definition) is 3. The molecule has 1 atom stereocenters. The van der Waals surface area contributed by atoms with E-state index in [0.717, 1.165) is 18.6 Å². The summed E-state index contributed by atoms with van der Waals surface area (Å²) >= 11 is 0. The van der Waals surface area contributed by atoms with E-state index in [1.807, 2.05) is 13.8 Å². The van der Waals surface area contributed by atoms with Crippen molar-refractivity contribution >= 4 is 11.4 Å². The lowest BCUT2D eigenvalue weighted by atomic mass is 10.1. The van der Waals surface area contributed by atoms with E-state index in [-0.39, 0.29) is 6.04 Å². The van der Waals surface area contributed by atoms with Crippen LogP contribution < -0.4 is 16.0 Å². The van der Waals surface area contributed by atoms with Crippen molar-refractivity contribution < 1.29 is 13.2 Å². The number of fused-ring (bicyclic) bond motifs is 1. The molecule has 1 heterocycles. The topological polar surface area (TPSA) is 27.3 Å². The SMILES string of the molecule is CCC(C)N1NNc2ccc(C(F)(F)F)cc21. The van der Waals surface area contributed by atoms with E-state index in [4.69, 9.17) is 0 Å². The molecule has 0 aliphatic carbocycles. The van der Waals surface area contributed by atoms with Gasteiger partial charge in [0, 0.05) is 6.04 Å². The predicted molar refractivity (Wildman–Crippen MR) is 60.4 cm³/mol. The van der Waals surface area contributed by atoms with Gasteiger partial charge in [-0.1, -0.05) is 6.92 Å². The van der Waals surface area contributed by atoms with Crippen molar-refractivity contribution in [2.24, 2.45) is 0 Å². The van der Waals surface area contributed by atoms with Gasteiger partial charge in [0.15, 0.2) is 0 Å². The van der Waals surface area contributed by atoms with Crippen LogP contribution in [-0.4, -0.2) is 6.04 Å². The van der Waals surface area contributed by atoms with Crippen LogP contribution in [-0.2, 0) is 6.18 Å². The Morgan fingerprint density at radius 1 is 1.35 bits per heavy atom. The lowest BCUT2D eigenvalue weighted by Crippen LogP contribution is -2.42. The van der Waals surface area contributed by atoms with Crippen LogP contribution in [0.1, 0.15) is 25.8 Å². The first-order valence-corrected chi connectivity index (χ1v) is 5.45. The molecule has 1 unspecified atom stereocenters. The number of rotatable bonds is 2.